The van der Waals surface area contributed by atoms with E-state index in [1.807, 2.05) is 13.8 Å². The number of rotatable bonds is 0. The Morgan fingerprint density at radius 3 is 1.82 bits per heavy atom. The molecule has 0 atom stereocenters. The molecule has 11 heavy (non-hydrogen) atoms. The van der Waals surface area contributed by atoms with Gasteiger partial charge in [0.2, 0.25) is 0 Å². The highest BCUT2D eigenvalue weighted by Gasteiger charge is 2.26. The van der Waals surface area contributed by atoms with E-state index >= 15 is 0 Å². The van der Waals surface area contributed by atoms with Crippen LogP contribution in [-0.4, -0.2) is 5.78 Å². The fourth-order valence-corrected chi connectivity index (χ4v) is 1.14. The van der Waals surface area contributed by atoms with Crippen molar-refractivity contribution < 1.29 is 4.79 Å². The zero-order valence-corrected chi connectivity index (χ0v) is 7.56. The van der Waals surface area contributed by atoms with E-state index < -0.39 is 0 Å². The van der Waals surface area contributed by atoms with Crippen LogP contribution in [0.15, 0.2) is 23.3 Å². The molecule has 0 aromatic carbocycles. The van der Waals surface area contributed by atoms with Crippen LogP contribution in [0.25, 0.3) is 0 Å². The molecule has 1 heteroatoms. The molecule has 1 aliphatic carbocycles. The van der Waals surface area contributed by atoms with E-state index in [4.69, 9.17) is 0 Å². The largest absolute Gasteiger partial charge is 0.290 e. The lowest BCUT2D eigenvalue weighted by Crippen LogP contribution is -2.19. The predicted molar refractivity (Wildman–Crippen MR) is 46.3 cm³/mol. The molecule has 0 fully saturated rings. The first-order valence-corrected chi connectivity index (χ1v) is 3.86. The van der Waals surface area contributed by atoms with Crippen molar-refractivity contribution in [3.63, 3.8) is 0 Å². The van der Waals surface area contributed by atoms with Gasteiger partial charge in [0.05, 0.1) is 0 Å². The van der Waals surface area contributed by atoms with Crippen LogP contribution in [0.5, 0.6) is 0 Å². The summed E-state index contributed by atoms with van der Waals surface area (Å²) in [5.41, 5.74) is 2.39. The molecule has 0 N–H and O–H groups in total. The van der Waals surface area contributed by atoms with Gasteiger partial charge in [-0.15, -0.1) is 0 Å². The average molecular weight is 150 g/mol. The van der Waals surface area contributed by atoms with Crippen molar-refractivity contribution in [2.24, 2.45) is 5.41 Å². The summed E-state index contributed by atoms with van der Waals surface area (Å²) in [6.07, 6.45) is 3.43. The lowest BCUT2D eigenvalue weighted by atomic mass is 9.75. The van der Waals surface area contributed by atoms with Gasteiger partial charge < -0.3 is 0 Å². The average Bonchev–Trinajstić information content (AvgIpc) is 1.84. The highest BCUT2D eigenvalue weighted by molar-refractivity contribution is 6.01. The molecule has 0 aliphatic heterocycles. The van der Waals surface area contributed by atoms with Crippen molar-refractivity contribution in [1.82, 2.24) is 0 Å². The number of hydrogen-bond acceptors (Lipinski definition) is 1. The second-order valence-corrected chi connectivity index (χ2v) is 3.68. The molecule has 0 saturated heterocycles. The molecule has 60 valence electrons. The molecule has 0 heterocycles. The smallest absolute Gasteiger partial charge is 0.178 e. The van der Waals surface area contributed by atoms with Crippen LogP contribution in [-0.2, 0) is 4.79 Å². The van der Waals surface area contributed by atoms with Gasteiger partial charge in [0.1, 0.15) is 0 Å². The van der Waals surface area contributed by atoms with Gasteiger partial charge in [-0.3, -0.25) is 4.79 Å². The van der Waals surface area contributed by atoms with Gasteiger partial charge in [-0.05, 0) is 26.0 Å². The second kappa shape index (κ2) is 2.33. The van der Waals surface area contributed by atoms with Crippen LogP contribution in [0.3, 0.4) is 0 Å². The van der Waals surface area contributed by atoms with Gasteiger partial charge in [-0.2, -0.15) is 0 Å². The number of allylic oxidation sites excluding steroid dienone is 4. The zero-order valence-electron chi connectivity index (χ0n) is 7.56. The number of ketones is 1. The highest BCUT2D eigenvalue weighted by Crippen LogP contribution is 2.36. The summed E-state index contributed by atoms with van der Waals surface area (Å²) in [5, 5.41) is 0. The monoisotopic (exact) mass is 150 g/mol. The maximum Gasteiger partial charge on any atom is 0.178 e. The predicted octanol–water partition coefficient (Wildman–Crippen LogP) is 2.49. The van der Waals surface area contributed by atoms with E-state index in [-0.39, 0.29) is 11.2 Å². The summed E-state index contributed by atoms with van der Waals surface area (Å²) < 4.78 is 0. The van der Waals surface area contributed by atoms with Crippen LogP contribution in [0.4, 0.5) is 0 Å². The third-order valence-electron chi connectivity index (χ3n) is 2.69. The molecule has 1 aliphatic rings. The Hall–Kier alpha value is -0.850. The molecule has 0 saturated carbocycles. The fraction of sp³-hybridized carbons (Fsp3) is 0.500. The third-order valence-corrected chi connectivity index (χ3v) is 2.69. The van der Waals surface area contributed by atoms with Crippen LogP contribution >= 0.6 is 0 Å². The molecule has 0 aromatic heterocycles. The van der Waals surface area contributed by atoms with Gasteiger partial charge in [0.15, 0.2) is 5.78 Å². The van der Waals surface area contributed by atoms with Crippen molar-refractivity contribution in [1.29, 1.82) is 0 Å². The lowest BCUT2D eigenvalue weighted by Gasteiger charge is -2.29. The number of carbonyl (C=O) groups excluding carboxylic acids is 1. The summed E-state index contributed by atoms with van der Waals surface area (Å²) in [7, 11) is 0. The molecular formula is C10H14O. The minimum atomic E-state index is 0.0773. The van der Waals surface area contributed by atoms with Crippen molar-refractivity contribution in [3.05, 3.63) is 23.3 Å². The van der Waals surface area contributed by atoms with Gasteiger partial charge >= 0.3 is 0 Å². The summed E-state index contributed by atoms with van der Waals surface area (Å²) in [5.74, 6) is 0.124. The molecule has 0 spiro atoms. The van der Waals surface area contributed by atoms with E-state index in [0.717, 1.165) is 11.1 Å². The van der Waals surface area contributed by atoms with Crippen LogP contribution < -0.4 is 0 Å². The molecule has 0 unspecified atom stereocenters. The Balaban J connectivity index is 3.11. The minimum Gasteiger partial charge on any atom is -0.290 e. The topological polar surface area (TPSA) is 17.1 Å². The van der Waals surface area contributed by atoms with E-state index in [1.54, 1.807) is 12.2 Å². The molecule has 0 bridgehead atoms. The Bertz CT molecular complexity index is 230. The van der Waals surface area contributed by atoms with Crippen molar-refractivity contribution in [2.75, 3.05) is 0 Å². The normalized spacial score (nSPS) is 22.7. The Kier molecular flexibility index (Phi) is 1.75. The standard InChI is InChI=1S/C10H14O/c1-7-5-9(11)6-8(2)10(7,3)4/h5-6H,1-4H3. The van der Waals surface area contributed by atoms with Crippen LogP contribution in [0.1, 0.15) is 27.7 Å². The first-order valence-electron chi connectivity index (χ1n) is 3.86. The Morgan fingerprint density at radius 1 is 1.09 bits per heavy atom. The van der Waals surface area contributed by atoms with E-state index in [0.29, 0.717) is 0 Å². The van der Waals surface area contributed by atoms with Gasteiger partial charge in [-0.1, -0.05) is 25.0 Å². The summed E-state index contributed by atoms with van der Waals surface area (Å²) in [6.45, 7) is 8.29. The molecule has 0 aromatic rings. The maximum atomic E-state index is 11.0. The van der Waals surface area contributed by atoms with Crippen molar-refractivity contribution in [2.45, 2.75) is 27.7 Å². The first-order chi connectivity index (χ1) is 4.94. The fourth-order valence-electron chi connectivity index (χ4n) is 1.14. The lowest BCUT2D eigenvalue weighted by molar-refractivity contribution is -0.110. The summed E-state index contributed by atoms with van der Waals surface area (Å²) in [4.78, 5) is 11.0. The molecular weight excluding hydrogens is 136 g/mol. The Labute approximate surface area is 67.8 Å². The van der Waals surface area contributed by atoms with E-state index in [2.05, 4.69) is 13.8 Å². The van der Waals surface area contributed by atoms with Crippen LogP contribution in [0, 0.1) is 5.41 Å². The van der Waals surface area contributed by atoms with Gasteiger partial charge in [-0.25, -0.2) is 0 Å². The van der Waals surface area contributed by atoms with Crippen molar-refractivity contribution >= 4 is 5.78 Å². The minimum absolute atomic E-state index is 0.0773. The zero-order chi connectivity index (χ0) is 8.65. The maximum absolute atomic E-state index is 11.0. The SMILES string of the molecule is CC1=CC(=O)C=C(C)C1(C)C. The van der Waals surface area contributed by atoms with Gasteiger partial charge in [0.25, 0.3) is 0 Å². The van der Waals surface area contributed by atoms with Gasteiger partial charge in [0, 0.05) is 5.41 Å². The quantitative estimate of drug-likeness (QED) is 0.518. The van der Waals surface area contributed by atoms with Crippen LogP contribution in [0.2, 0.25) is 0 Å². The molecule has 0 amide bonds. The molecule has 1 rings (SSSR count). The number of hydrogen-bond donors (Lipinski definition) is 0. The summed E-state index contributed by atoms with van der Waals surface area (Å²) in [6, 6.07) is 0. The van der Waals surface area contributed by atoms with E-state index in [1.165, 1.54) is 0 Å². The third kappa shape index (κ3) is 1.28. The second-order valence-electron chi connectivity index (χ2n) is 3.68. The Morgan fingerprint density at radius 2 is 1.45 bits per heavy atom. The number of carbonyl (C=O) groups is 1. The molecule has 0 radical (unpaired) electrons. The van der Waals surface area contributed by atoms with E-state index in [9.17, 15) is 4.79 Å². The first kappa shape index (κ1) is 8.25. The summed E-state index contributed by atoms with van der Waals surface area (Å²) >= 11 is 0. The highest BCUT2D eigenvalue weighted by atomic mass is 16.1. The van der Waals surface area contributed by atoms with Crippen molar-refractivity contribution in [3.8, 4) is 0 Å². The molecule has 1 nitrogen and oxygen atoms in total.